The number of aryl methyl sites for hydroxylation is 1. The maximum atomic E-state index is 13.1. The topological polar surface area (TPSA) is 127 Å². The van der Waals surface area contributed by atoms with E-state index in [2.05, 4.69) is 34.2 Å². The second-order valence-electron chi connectivity index (χ2n) is 10.7. The van der Waals surface area contributed by atoms with Crippen molar-refractivity contribution in [2.45, 2.75) is 76.3 Å². The number of sulfonamides is 1. The molecule has 8 nitrogen and oxygen atoms in total. The number of benzene rings is 2. The zero-order valence-corrected chi connectivity index (χ0v) is 22.6. The van der Waals surface area contributed by atoms with Crippen LogP contribution in [0.25, 0.3) is 0 Å². The largest absolute Gasteiger partial charge is 0.391 e. The number of anilines is 1. The first-order valence-corrected chi connectivity index (χ1v) is 14.5. The van der Waals surface area contributed by atoms with Crippen molar-refractivity contribution < 1.29 is 13.5 Å². The SMILES string of the molecule is CCc1ccc(S(=O)(=O)N[C@@H]2c3cc(NC(=NCCC4CCCC4(C)C)NC#N)ccc3C[C@H]2O)cc1. The Morgan fingerprint density at radius 3 is 2.62 bits per heavy atom. The summed E-state index contributed by atoms with van der Waals surface area (Å²) in [5.74, 6) is 0.970. The number of hydrogen-bond acceptors (Lipinski definition) is 5. The minimum Gasteiger partial charge on any atom is -0.391 e. The molecule has 3 atom stereocenters. The molecule has 0 amide bonds. The zero-order valence-electron chi connectivity index (χ0n) is 21.8. The summed E-state index contributed by atoms with van der Waals surface area (Å²) in [5, 5.41) is 25.7. The molecule has 4 rings (SSSR count). The molecule has 2 aromatic rings. The third-order valence-electron chi connectivity index (χ3n) is 7.88. The molecule has 0 heterocycles. The molecule has 0 spiro atoms. The Morgan fingerprint density at radius 1 is 1.22 bits per heavy atom. The number of nitrogens with zero attached hydrogens (tertiary/aromatic N) is 2. The normalized spacial score (nSPS) is 22.9. The lowest BCUT2D eigenvalue weighted by molar-refractivity contribution is 0.151. The second kappa shape index (κ2) is 11.2. The molecular formula is C28H37N5O3S. The molecule has 2 aromatic carbocycles. The van der Waals surface area contributed by atoms with E-state index in [9.17, 15) is 18.8 Å². The standard InChI is InChI=1S/C28H37N5O3S/c1-4-19-7-11-23(12-8-19)37(35,36)33-26-24-17-22(10-9-20(24)16-25(26)34)32-27(31-18-29)30-15-13-21-6-5-14-28(21,2)3/h7-12,17,21,25-26,33-34H,4-6,13-16H2,1-3H3,(H2,30,31,32)/t21?,25-,26-/m1/s1. The molecule has 1 saturated carbocycles. The van der Waals surface area contributed by atoms with Gasteiger partial charge in [-0.2, -0.15) is 5.26 Å². The Kier molecular flexibility index (Phi) is 8.22. The maximum Gasteiger partial charge on any atom is 0.241 e. The summed E-state index contributed by atoms with van der Waals surface area (Å²) in [7, 11) is -3.83. The number of rotatable bonds is 8. The van der Waals surface area contributed by atoms with Gasteiger partial charge in [0.2, 0.25) is 16.0 Å². The van der Waals surface area contributed by atoms with E-state index < -0.39 is 22.2 Å². The van der Waals surface area contributed by atoms with Crippen molar-refractivity contribution in [1.29, 1.82) is 5.26 Å². The van der Waals surface area contributed by atoms with E-state index >= 15 is 0 Å². The number of aliphatic hydroxyl groups excluding tert-OH is 1. The third-order valence-corrected chi connectivity index (χ3v) is 9.34. The van der Waals surface area contributed by atoms with Gasteiger partial charge >= 0.3 is 0 Å². The quantitative estimate of drug-likeness (QED) is 0.177. The summed E-state index contributed by atoms with van der Waals surface area (Å²) in [6.07, 6.45) is 6.89. The first-order valence-electron chi connectivity index (χ1n) is 13.0. The number of nitrogens with one attached hydrogen (secondary N) is 3. The molecule has 4 N–H and O–H groups in total. The summed E-state index contributed by atoms with van der Waals surface area (Å²) < 4.78 is 28.8. The molecule has 9 heteroatoms. The van der Waals surface area contributed by atoms with Gasteiger partial charge < -0.3 is 10.4 Å². The Labute approximate surface area is 220 Å². The predicted octanol–water partition coefficient (Wildman–Crippen LogP) is 4.24. The van der Waals surface area contributed by atoms with Crippen LogP contribution in [0.15, 0.2) is 52.4 Å². The Bertz CT molecular complexity index is 1280. The highest BCUT2D eigenvalue weighted by molar-refractivity contribution is 7.89. The van der Waals surface area contributed by atoms with Gasteiger partial charge in [0.25, 0.3) is 0 Å². The molecule has 0 bridgehead atoms. The van der Waals surface area contributed by atoms with Gasteiger partial charge in [-0.05, 0) is 78.0 Å². The Hall–Kier alpha value is -2.93. The first kappa shape index (κ1) is 27.1. The Balaban J connectivity index is 1.48. The highest BCUT2D eigenvalue weighted by atomic mass is 32.2. The van der Waals surface area contributed by atoms with E-state index in [-0.39, 0.29) is 4.90 Å². The number of aliphatic imine (C=N–C) groups is 1. The fourth-order valence-electron chi connectivity index (χ4n) is 5.55. The van der Waals surface area contributed by atoms with Crippen LogP contribution in [-0.2, 0) is 22.9 Å². The van der Waals surface area contributed by atoms with Crippen LogP contribution in [0.5, 0.6) is 0 Å². The van der Waals surface area contributed by atoms with Crippen molar-refractivity contribution >= 4 is 21.7 Å². The van der Waals surface area contributed by atoms with Crippen molar-refractivity contribution in [3.8, 4) is 6.19 Å². The van der Waals surface area contributed by atoms with Crippen molar-refractivity contribution in [3.05, 3.63) is 59.2 Å². The van der Waals surface area contributed by atoms with Crippen molar-refractivity contribution in [2.75, 3.05) is 11.9 Å². The molecule has 2 aliphatic carbocycles. The van der Waals surface area contributed by atoms with Gasteiger partial charge in [0.05, 0.1) is 17.0 Å². The highest BCUT2D eigenvalue weighted by Crippen LogP contribution is 2.44. The number of hydrogen-bond donors (Lipinski definition) is 4. The first-order chi connectivity index (χ1) is 17.6. The van der Waals surface area contributed by atoms with Crippen LogP contribution < -0.4 is 15.4 Å². The minimum atomic E-state index is -3.83. The van der Waals surface area contributed by atoms with E-state index in [1.165, 1.54) is 19.3 Å². The molecule has 37 heavy (non-hydrogen) atoms. The van der Waals surface area contributed by atoms with Gasteiger partial charge in [-0.3, -0.25) is 10.3 Å². The molecule has 0 aromatic heterocycles. The third kappa shape index (κ3) is 6.32. The van der Waals surface area contributed by atoms with Crippen molar-refractivity contribution in [2.24, 2.45) is 16.3 Å². The van der Waals surface area contributed by atoms with Crippen LogP contribution in [0.2, 0.25) is 0 Å². The Morgan fingerprint density at radius 2 is 1.97 bits per heavy atom. The summed E-state index contributed by atoms with van der Waals surface area (Å²) >= 11 is 0. The summed E-state index contributed by atoms with van der Waals surface area (Å²) in [4.78, 5) is 4.75. The monoisotopic (exact) mass is 523 g/mol. The molecule has 2 aliphatic rings. The molecule has 0 aliphatic heterocycles. The van der Waals surface area contributed by atoms with E-state index in [0.29, 0.717) is 41.5 Å². The van der Waals surface area contributed by atoms with Crippen molar-refractivity contribution in [3.63, 3.8) is 0 Å². The fourth-order valence-corrected chi connectivity index (χ4v) is 6.80. The smallest absolute Gasteiger partial charge is 0.241 e. The predicted molar refractivity (Wildman–Crippen MR) is 145 cm³/mol. The van der Waals surface area contributed by atoms with E-state index in [0.717, 1.165) is 24.0 Å². The van der Waals surface area contributed by atoms with Gasteiger partial charge in [-0.1, -0.05) is 45.4 Å². The molecule has 0 radical (unpaired) electrons. The lowest BCUT2D eigenvalue weighted by Crippen LogP contribution is -2.34. The van der Waals surface area contributed by atoms with Crippen LogP contribution in [-0.4, -0.2) is 32.1 Å². The van der Waals surface area contributed by atoms with Gasteiger partial charge in [-0.25, -0.2) is 13.1 Å². The average Bonchev–Trinajstić information content (AvgIpc) is 3.36. The lowest BCUT2D eigenvalue weighted by Gasteiger charge is -2.26. The number of guanidine groups is 1. The van der Waals surface area contributed by atoms with E-state index in [1.54, 1.807) is 24.3 Å². The van der Waals surface area contributed by atoms with Crippen molar-refractivity contribution in [1.82, 2.24) is 10.0 Å². The maximum absolute atomic E-state index is 13.1. The highest BCUT2D eigenvalue weighted by Gasteiger charge is 2.35. The van der Waals surface area contributed by atoms with E-state index in [1.807, 2.05) is 31.3 Å². The number of nitriles is 1. The molecular weight excluding hydrogens is 486 g/mol. The second-order valence-corrected chi connectivity index (χ2v) is 12.5. The van der Waals surface area contributed by atoms with Crippen LogP contribution >= 0.6 is 0 Å². The zero-order chi connectivity index (χ0) is 26.6. The van der Waals surface area contributed by atoms with Crippen LogP contribution in [0, 0.1) is 22.8 Å². The van der Waals surface area contributed by atoms with Gasteiger partial charge in [-0.15, -0.1) is 0 Å². The summed E-state index contributed by atoms with van der Waals surface area (Å²) in [6.45, 7) is 7.24. The summed E-state index contributed by atoms with van der Waals surface area (Å²) in [5.41, 5.74) is 3.62. The summed E-state index contributed by atoms with van der Waals surface area (Å²) in [6, 6.07) is 11.5. The van der Waals surface area contributed by atoms with Crippen LogP contribution in [0.1, 0.15) is 69.2 Å². The fraction of sp³-hybridized carbons (Fsp3) is 0.500. The number of aliphatic hydroxyl groups is 1. The van der Waals surface area contributed by atoms with Crippen LogP contribution in [0.4, 0.5) is 5.69 Å². The van der Waals surface area contributed by atoms with Gasteiger partial charge in [0, 0.05) is 18.7 Å². The van der Waals surface area contributed by atoms with E-state index in [4.69, 9.17) is 0 Å². The average molecular weight is 524 g/mol. The molecule has 0 saturated heterocycles. The molecule has 1 fully saturated rings. The molecule has 198 valence electrons. The lowest BCUT2D eigenvalue weighted by atomic mass is 9.80. The molecule has 1 unspecified atom stereocenters. The minimum absolute atomic E-state index is 0.165. The van der Waals surface area contributed by atoms with Gasteiger partial charge in [0.15, 0.2) is 6.19 Å². The number of fused-ring (bicyclic) bond motifs is 1. The van der Waals surface area contributed by atoms with Gasteiger partial charge in [0.1, 0.15) is 0 Å². The van der Waals surface area contributed by atoms with Crippen LogP contribution in [0.3, 0.4) is 0 Å².